The molecule has 1 atom stereocenters. The van der Waals surface area contributed by atoms with E-state index in [9.17, 15) is 0 Å². The Morgan fingerprint density at radius 2 is 1.74 bits per heavy atom. The fourth-order valence-corrected chi connectivity index (χ4v) is 2.81. The van der Waals surface area contributed by atoms with Crippen LogP contribution in [0.4, 0.5) is 5.69 Å². The Morgan fingerprint density at radius 1 is 1.00 bits per heavy atom. The predicted molar refractivity (Wildman–Crippen MR) is 83.3 cm³/mol. The molecule has 2 aromatic rings. The molecular weight excluding hydrogens is 252 g/mol. The molecular formula is C16H16N2S. The molecule has 0 bridgehead atoms. The van der Waals surface area contributed by atoms with Crippen LogP contribution in [-0.2, 0) is 6.42 Å². The van der Waals surface area contributed by atoms with E-state index in [2.05, 4.69) is 34.9 Å². The number of nitrogens with one attached hydrogen (secondary N) is 2. The van der Waals surface area contributed by atoms with Crippen LogP contribution in [0.5, 0.6) is 0 Å². The predicted octanol–water partition coefficient (Wildman–Crippen LogP) is 3.66. The first-order valence-corrected chi connectivity index (χ1v) is 6.94. The normalized spacial score (nSPS) is 16.7. The quantitative estimate of drug-likeness (QED) is 0.813. The number of aryl methyl sites for hydroxylation is 1. The molecule has 2 N–H and O–H groups in total. The minimum absolute atomic E-state index is 0.333. The maximum absolute atomic E-state index is 5.38. The molecule has 19 heavy (non-hydrogen) atoms. The maximum atomic E-state index is 5.38. The number of rotatable bonds is 2. The van der Waals surface area contributed by atoms with E-state index in [4.69, 9.17) is 12.2 Å². The van der Waals surface area contributed by atoms with Crippen molar-refractivity contribution >= 4 is 23.0 Å². The third kappa shape index (κ3) is 2.76. The molecule has 0 heterocycles. The van der Waals surface area contributed by atoms with E-state index in [0.717, 1.165) is 18.5 Å². The fourth-order valence-electron chi connectivity index (χ4n) is 2.55. The van der Waals surface area contributed by atoms with Crippen LogP contribution in [0.25, 0.3) is 0 Å². The van der Waals surface area contributed by atoms with Gasteiger partial charge in [-0.05, 0) is 48.3 Å². The molecule has 1 aliphatic rings. The standard InChI is InChI=1S/C16H16N2S/c19-16(17-13-7-2-1-3-8-13)18-15-11-10-12-6-4-5-9-14(12)15/h1-9,15H,10-11H2,(H2,17,18,19)/t15-/m0/s1. The molecule has 0 saturated heterocycles. The van der Waals surface area contributed by atoms with E-state index < -0.39 is 0 Å². The van der Waals surface area contributed by atoms with Gasteiger partial charge in [-0.25, -0.2) is 0 Å². The Hall–Kier alpha value is -1.87. The van der Waals surface area contributed by atoms with Crippen LogP contribution in [0.15, 0.2) is 54.6 Å². The van der Waals surface area contributed by atoms with Crippen molar-refractivity contribution in [3.8, 4) is 0 Å². The minimum Gasteiger partial charge on any atom is -0.356 e. The molecule has 1 aliphatic carbocycles. The molecule has 0 fully saturated rings. The van der Waals surface area contributed by atoms with Gasteiger partial charge in [0.05, 0.1) is 6.04 Å². The molecule has 0 spiro atoms. The summed E-state index contributed by atoms with van der Waals surface area (Å²) in [5.74, 6) is 0. The van der Waals surface area contributed by atoms with Crippen LogP contribution in [0.1, 0.15) is 23.6 Å². The maximum Gasteiger partial charge on any atom is 0.171 e. The Kier molecular flexibility index (Phi) is 3.47. The summed E-state index contributed by atoms with van der Waals surface area (Å²) in [5, 5.41) is 7.31. The van der Waals surface area contributed by atoms with Crippen molar-refractivity contribution in [2.75, 3.05) is 5.32 Å². The molecule has 3 heteroatoms. The number of hydrogen-bond acceptors (Lipinski definition) is 1. The van der Waals surface area contributed by atoms with E-state index >= 15 is 0 Å². The Labute approximate surface area is 118 Å². The second kappa shape index (κ2) is 5.41. The highest BCUT2D eigenvalue weighted by Gasteiger charge is 2.22. The van der Waals surface area contributed by atoms with E-state index in [1.807, 2.05) is 30.3 Å². The van der Waals surface area contributed by atoms with Gasteiger partial charge in [-0.15, -0.1) is 0 Å². The molecule has 0 saturated carbocycles. The molecule has 0 radical (unpaired) electrons. The monoisotopic (exact) mass is 268 g/mol. The highest BCUT2D eigenvalue weighted by atomic mass is 32.1. The van der Waals surface area contributed by atoms with E-state index in [1.54, 1.807) is 0 Å². The average Bonchev–Trinajstić information content (AvgIpc) is 2.83. The third-order valence-corrected chi connectivity index (χ3v) is 3.69. The van der Waals surface area contributed by atoms with Crippen LogP contribution in [-0.4, -0.2) is 5.11 Å². The summed E-state index contributed by atoms with van der Waals surface area (Å²) in [4.78, 5) is 0. The van der Waals surface area contributed by atoms with Gasteiger partial charge in [-0.3, -0.25) is 0 Å². The smallest absolute Gasteiger partial charge is 0.171 e. The molecule has 96 valence electrons. The molecule has 3 rings (SSSR count). The molecule has 0 aromatic heterocycles. The van der Waals surface area contributed by atoms with E-state index in [1.165, 1.54) is 11.1 Å². The summed E-state index contributed by atoms with van der Waals surface area (Å²) in [6.07, 6.45) is 2.23. The summed E-state index contributed by atoms with van der Waals surface area (Å²) in [6, 6.07) is 18.9. The lowest BCUT2D eigenvalue weighted by molar-refractivity contribution is 0.644. The topological polar surface area (TPSA) is 24.1 Å². The highest BCUT2D eigenvalue weighted by molar-refractivity contribution is 7.80. The number of hydrogen-bond donors (Lipinski definition) is 2. The molecule has 0 aliphatic heterocycles. The number of benzene rings is 2. The average molecular weight is 268 g/mol. The molecule has 2 aromatic carbocycles. The Morgan fingerprint density at radius 3 is 2.58 bits per heavy atom. The van der Waals surface area contributed by atoms with Crippen molar-refractivity contribution < 1.29 is 0 Å². The summed E-state index contributed by atoms with van der Waals surface area (Å²) in [6.45, 7) is 0. The largest absolute Gasteiger partial charge is 0.356 e. The third-order valence-electron chi connectivity index (χ3n) is 3.47. The number of anilines is 1. The zero-order chi connectivity index (χ0) is 13.1. The number of thiocarbonyl (C=S) groups is 1. The zero-order valence-electron chi connectivity index (χ0n) is 10.6. The SMILES string of the molecule is S=C(Nc1ccccc1)N[C@H]1CCc2ccccc21. The lowest BCUT2D eigenvalue weighted by Crippen LogP contribution is -2.31. The van der Waals surface area contributed by atoms with Gasteiger partial charge in [0.25, 0.3) is 0 Å². The van der Waals surface area contributed by atoms with E-state index in [0.29, 0.717) is 11.2 Å². The summed E-state index contributed by atoms with van der Waals surface area (Å²) in [7, 11) is 0. The Bertz CT molecular complexity index is 580. The van der Waals surface area contributed by atoms with Crippen molar-refractivity contribution in [1.82, 2.24) is 5.32 Å². The minimum atomic E-state index is 0.333. The first kappa shape index (κ1) is 12.2. The molecule has 0 amide bonds. The summed E-state index contributed by atoms with van der Waals surface area (Å²) >= 11 is 5.38. The van der Waals surface area contributed by atoms with Gasteiger partial charge in [0.15, 0.2) is 5.11 Å². The van der Waals surface area contributed by atoms with Crippen molar-refractivity contribution in [3.63, 3.8) is 0 Å². The summed E-state index contributed by atoms with van der Waals surface area (Å²) in [5.41, 5.74) is 3.83. The molecule has 0 unspecified atom stereocenters. The van der Waals surface area contributed by atoms with Gasteiger partial charge < -0.3 is 10.6 Å². The zero-order valence-corrected chi connectivity index (χ0v) is 11.4. The van der Waals surface area contributed by atoms with Crippen LogP contribution in [0.2, 0.25) is 0 Å². The first-order valence-electron chi connectivity index (χ1n) is 6.53. The van der Waals surface area contributed by atoms with Crippen LogP contribution < -0.4 is 10.6 Å². The van der Waals surface area contributed by atoms with Gasteiger partial charge in [0.2, 0.25) is 0 Å². The van der Waals surface area contributed by atoms with Crippen LogP contribution in [0, 0.1) is 0 Å². The van der Waals surface area contributed by atoms with Gasteiger partial charge in [-0.1, -0.05) is 42.5 Å². The van der Waals surface area contributed by atoms with Crippen LogP contribution in [0.3, 0.4) is 0 Å². The summed E-state index contributed by atoms with van der Waals surface area (Å²) < 4.78 is 0. The van der Waals surface area contributed by atoms with Crippen molar-refractivity contribution in [3.05, 3.63) is 65.7 Å². The van der Waals surface area contributed by atoms with Crippen molar-refractivity contribution in [1.29, 1.82) is 0 Å². The van der Waals surface area contributed by atoms with Gasteiger partial charge >= 0.3 is 0 Å². The second-order valence-electron chi connectivity index (χ2n) is 4.75. The van der Waals surface area contributed by atoms with E-state index in [-0.39, 0.29) is 0 Å². The molecule has 2 nitrogen and oxygen atoms in total. The Balaban J connectivity index is 1.65. The second-order valence-corrected chi connectivity index (χ2v) is 5.16. The van der Waals surface area contributed by atoms with Crippen molar-refractivity contribution in [2.45, 2.75) is 18.9 Å². The fraction of sp³-hybridized carbons (Fsp3) is 0.188. The lowest BCUT2D eigenvalue weighted by atomic mass is 10.1. The van der Waals surface area contributed by atoms with Gasteiger partial charge in [0.1, 0.15) is 0 Å². The van der Waals surface area contributed by atoms with Crippen molar-refractivity contribution in [2.24, 2.45) is 0 Å². The number of para-hydroxylation sites is 1. The van der Waals surface area contributed by atoms with Gasteiger partial charge in [-0.2, -0.15) is 0 Å². The van der Waals surface area contributed by atoms with Gasteiger partial charge in [0, 0.05) is 5.69 Å². The highest BCUT2D eigenvalue weighted by Crippen LogP contribution is 2.30. The number of fused-ring (bicyclic) bond motifs is 1. The van der Waals surface area contributed by atoms with Crippen LogP contribution >= 0.6 is 12.2 Å². The first-order chi connectivity index (χ1) is 9.33. The lowest BCUT2D eigenvalue weighted by Gasteiger charge is -2.17.